The molecule has 0 bridgehead atoms. The fraction of sp³-hybridized carbons (Fsp3) is 0.455. The van der Waals surface area contributed by atoms with Crippen molar-refractivity contribution in [2.75, 3.05) is 0 Å². The lowest BCUT2D eigenvalue weighted by molar-refractivity contribution is 0.324. The molecule has 1 nitrogen and oxygen atoms in total. The van der Waals surface area contributed by atoms with Crippen LogP contribution in [0, 0.1) is 17.0 Å². The Hall–Kier alpha value is -0.480. The normalized spacial score (nSPS) is 14.1. The van der Waals surface area contributed by atoms with Crippen LogP contribution in [0.4, 0.5) is 8.78 Å². The Bertz CT molecular complexity index is 372. The van der Waals surface area contributed by atoms with Crippen LogP contribution >= 0.6 is 15.9 Å². The number of rotatable bonds is 1. The largest absolute Gasteiger partial charge is 0.323 e. The van der Waals surface area contributed by atoms with Gasteiger partial charge in [-0.05, 0) is 33.0 Å². The Kier molecular flexibility index (Phi) is 3.51. The third kappa shape index (κ3) is 2.55. The molecule has 1 atom stereocenters. The highest BCUT2D eigenvalue weighted by Gasteiger charge is 2.25. The Labute approximate surface area is 96.8 Å². The average Bonchev–Trinajstić information content (AvgIpc) is 2.12. The van der Waals surface area contributed by atoms with E-state index in [0.29, 0.717) is 5.56 Å². The highest BCUT2D eigenvalue weighted by atomic mass is 79.9. The monoisotopic (exact) mass is 277 g/mol. The molecular formula is C11H14BrF2N. The van der Waals surface area contributed by atoms with Crippen LogP contribution in [-0.4, -0.2) is 0 Å². The summed E-state index contributed by atoms with van der Waals surface area (Å²) in [5.41, 5.74) is 6.36. The smallest absolute Gasteiger partial charge is 0.173 e. The van der Waals surface area contributed by atoms with Gasteiger partial charge in [-0.1, -0.05) is 26.8 Å². The maximum atomic E-state index is 13.3. The molecule has 0 radical (unpaired) electrons. The molecule has 0 saturated carbocycles. The van der Waals surface area contributed by atoms with E-state index in [9.17, 15) is 8.78 Å². The van der Waals surface area contributed by atoms with E-state index in [4.69, 9.17) is 5.73 Å². The van der Waals surface area contributed by atoms with Gasteiger partial charge in [-0.2, -0.15) is 0 Å². The van der Waals surface area contributed by atoms with Gasteiger partial charge in [0.2, 0.25) is 0 Å². The molecule has 0 amide bonds. The lowest BCUT2D eigenvalue weighted by atomic mass is 9.83. The highest BCUT2D eigenvalue weighted by molar-refractivity contribution is 9.10. The molecule has 0 aliphatic rings. The molecule has 0 spiro atoms. The third-order valence-corrected chi connectivity index (χ3v) is 3.14. The first kappa shape index (κ1) is 12.6. The summed E-state index contributed by atoms with van der Waals surface area (Å²) >= 11 is 3.03. The van der Waals surface area contributed by atoms with Gasteiger partial charge in [-0.15, -0.1) is 0 Å². The van der Waals surface area contributed by atoms with Crippen molar-refractivity contribution in [3.05, 3.63) is 33.8 Å². The van der Waals surface area contributed by atoms with Crippen LogP contribution in [-0.2, 0) is 0 Å². The Morgan fingerprint density at radius 1 is 1.27 bits per heavy atom. The first-order valence-electron chi connectivity index (χ1n) is 4.64. The molecule has 1 aromatic carbocycles. The number of halogens is 3. The van der Waals surface area contributed by atoms with Crippen LogP contribution in [0.1, 0.15) is 32.4 Å². The van der Waals surface area contributed by atoms with E-state index in [0.717, 1.165) is 6.07 Å². The predicted molar refractivity (Wildman–Crippen MR) is 60.4 cm³/mol. The van der Waals surface area contributed by atoms with Crippen molar-refractivity contribution in [2.45, 2.75) is 26.8 Å². The van der Waals surface area contributed by atoms with Crippen molar-refractivity contribution in [2.24, 2.45) is 11.1 Å². The number of nitrogens with two attached hydrogens (primary N) is 1. The second kappa shape index (κ2) is 4.18. The zero-order chi connectivity index (χ0) is 11.8. The van der Waals surface area contributed by atoms with Gasteiger partial charge in [-0.25, -0.2) is 8.78 Å². The zero-order valence-electron chi connectivity index (χ0n) is 8.94. The standard InChI is InChI=1S/C11H14BrF2N/c1-11(2,3)10(15)6-4-5-7(13)9(14)8(6)12/h4-5,10H,15H2,1-3H3. The Morgan fingerprint density at radius 2 is 1.80 bits per heavy atom. The summed E-state index contributed by atoms with van der Waals surface area (Å²) in [6.45, 7) is 5.85. The van der Waals surface area contributed by atoms with Crippen molar-refractivity contribution in [3.8, 4) is 0 Å². The molecule has 15 heavy (non-hydrogen) atoms. The molecule has 2 N–H and O–H groups in total. The quantitative estimate of drug-likeness (QED) is 0.777. The van der Waals surface area contributed by atoms with Crippen LogP contribution in [0.25, 0.3) is 0 Å². The van der Waals surface area contributed by atoms with E-state index >= 15 is 0 Å². The molecule has 84 valence electrons. The fourth-order valence-corrected chi connectivity index (χ4v) is 1.82. The zero-order valence-corrected chi connectivity index (χ0v) is 10.5. The lowest BCUT2D eigenvalue weighted by Crippen LogP contribution is -2.26. The lowest BCUT2D eigenvalue weighted by Gasteiger charge is -2.28. The predicted octanol–water partition coefficient (Wildman–Crippen LogP) is 3.77. The van der Waals surface area contributed by atoms with Gasteiger partial charge in [0, 0.05) is 6.04 Å². The van der Waals surface area contributed by atoms with Crippen molar-refractivity contribution in [1.29, 1.82) is 0 Å². The molecule has 0 aliphatic carbocycles. The van der Waals surface area contributed by atoms with E-state index in [1.54, 1.807) is 0 Å². The number of hydrogen-bond acceptors (Lipinski definition) is 1. The second-order valence-corrected chi connectivity index (χ2v) is 5.40. The van der Waals surface area contributed by atoms with Crippen molar-refractivity contribution in [3.63, 3.8) is 0 Å². The van der Waals surface area contributed by atoms with Crippen molar-refractivity contribution < 1.29 is 8.78 Å². The van der Waals surface area contributed by atoms with Gasteiger partial charge in [0.1, 0.15) is 0 Å². The summed E-state index contributed by atoms with van der Waals surface area (Å²) in [7, 11) is 0. The minimum Gasteiger partial charge on any atom is -0.323 e. The van der Waals surface area contributed by atoms with E-state index in [1.807, 2.05) is 20.8 Å². The minimum absolute atomic E-state index is 0.116. The SMILES string of the molecule is CC(C)(C)C(N)c1ccc(F)c(F)c1Br. The van der Waals surface area contributed by atoms with Gasteiger partial charge in [0.15, 0.2) is 11.6 Å². The van der Waals surface area contributed by atoms with Gasteiger partial charge in [0.25, 0.3) is 0 Å². The minimum atomic E-state index is -0.882. The van der Waals surface area contributed by atoms with Crippen LogP contribution in [0.5, 0.6) is 0 Å². The summed E-state index contributed by atoms with van der Waals surface area (Å²) in [5, 5.41) is 0. The van der Waals surface area contributed by atoms with Crippen LogP contribution < -0.4 is 5.73 Å². The van der Waals surface area contributed by atoms with E-state index in [-0.39, 0.29) is 15.9 Å². The summed E-state index contributed by atoms with van der Waals surface area (Å²) in [5.74, 6) is -1.75. The fourth-order valence-electron chi connectivity index (χ4n) is 1.25. The molecule has 1 aromatic rings. The van der Waals surface area contributed by atoms with E-state index < -0.39 is 11.6 Å². The number of benzene rings is 1. The average molecular weight is 278 g/mol. The van der Waals surface area contributed by atoms with Gasteiger partial charge < -0.3 is 5.73 Å². The highest BCUT2D eigenvalue weighted by Crippen LogP contribution is 2.35. The first-order chi connectivity index (χ1) is 6.75. The first-order valence-corrected chi connectivity index (χ1v) is 5.43. The summed E-state index contributed by atoms with van der Waals surface area (Å²) in [6.07, 6.45) is 0. The summed E-state index contributed by atoms with van der Waals surface area (Å²) < 4.78 is 26.3. The van der Waals surface area contributed by atoms with Crippen LogP contribution in [0.15, 0.2) is 16.6 Å². The van der Waals surface area contributed by atoms with Crippen LogP contribution in [0.2, 0.25) is 0 Å². The van der Waals surface area contributed by atoms with Gasteiger partial charge >= 0.3 is 0 Å². The van der Waals surface area contributed by atoms with E-state index in [2.05, 4.69) is 15.9 Å². The van der Waals surface area contributed by atoms with Crippen molar-refractivity contribution >= 4 is 15.9 Å². The van der Waals surface area contributed by atoms with Gasteiger partial charge in [0.05, 0.1) is 4.47 Å². The topological polar surface area (TPSA) is 26.0 Å². The van der Waals surface area contributed by atoms with Gasteiger partial charge in [-0.3, -0.25) is 0 Å². The molecule has 0 saturated heterocycles. The third-order valence-electron chi connectivity index (χ3n) is 2.33. The molecule has 0 fully saturated rings. The molecular weight excluding hydrogens is 264 g/mol. The summed E-state index contributed by atoms with van der Waals surface area (Å²) in [6, 6.07) is 2.27. The maximum Gasteiger partial charge on any atom is 0.173 e. The van der Waals surface area contributed by atoms with Crippen molar-refractivity contribution in [1.82, 2.24) is 0 Å². The summed E-state index contributed by atoms with van der Waals surface area (Å²) in [4.78, 5) is 0. The van der Waals surface area contributed by atoms with Crippen LogP contribution in [0.3, 0.4) is 0 Å². The molecule has 1 unspecified atom stereocenters. The molecule has 4 heteroatoms. The number of hydrogen-bond donors (Lipinski definition) is 1. The Morgan fingerprint density at radius 3 is 2.27 bits per heavy atom. The molecule has 0 heterocycles. The molecule has 0 aromatic heterocycles. The molecule has 1 rings (SSSR count). The second-order valence-electron chi connectivity index (χ2n) is 4.61. The Balaban J connectivity index is 3.23. The molecule has 0 aliphatic heterocycles. The van der Waals surface area contributed by atoms with E-state index in [1.165, 1.54) is 6.07 Å². The maximum absolute atomic E-state index is 13.3.